The van der Waals surface area contributed by atoms with E-state index in [4.69, 9.17) is 5.73 Å². The van der Waals surface area contributed by atoms with Crippen molar-refractivity contribution in [3.63, 3.8) is 0 Å². The molecule has 6 nitrogen and oxygen atoms in total. The summed E-state index contributed by atoms with van der Waals surface area (Å²) in [7, 11) is 0. The first-order valence-electron chi connectivity index (χ1n) is 3.59. The molecule has 0 aliphatic carbocycles. The van der Waals surface area contributed by atoms with Crippen molar-refractivity contribution in [1.29, 1.82) is 0 Å². The van der Waals surface area contributed by atoms with Gasteiger partial charge in [0.1, 0.15) is 17.8 Å². The highest BCUT2D eigenvalue weighted by Crippen LogP contribution is 2.20. The Morgan fingerprint density at radius 3 is 3.08 bits per heavy atom. The second-order valence-corrected chi connectivity index (χ2v) is 2.45. The van der Waals surface area contributed by atoms with Crippen molar-refractivity contribution < 1.29 is 4.79 Å². The molecule has 0 saturated carbocycles. The van der Waals surface area contributed by atoms with Crippen molar-refractivity contribution in [2.45, 2.75) is 6.54 Å². The van der Waals surface area contributed by atoms with Crippen LogP contribution in [0.25, 0.3) is 11.5 Å². The molecule has 0 saturated heterocycles. The van der Waals surface area contributed by atoms with Gasteiger partial charge in [0.2, 0.25) is 6.29 Å². The Kier molecular flexibility index (Phi) is 1.66. The minimum atomic E-state index is 0.0572. The SMILES string of the molecule is Nc1c2ncnc-2ncn1C[C]=O. The van der Waals surface area contributed by atoms with Gasteiger partial charge in [-0.1, -0.05) is 0 Å². The van der Waals surface area contributed by atoms with Gasteiger partial charge in [-0.2, -0.15) is 0 Å². The maximum absolute atomic E-state index is 10.1. The van der Waals surface area contributed by atoms with Crippen molar-refractivity contribution in [2.75, 3.05) is 5.73 Å². The van der Waals surface area contributed by atoms with Crippen LogP contribution in [0.2, 0.25) is 0 Å². The molecule has 0 fully saturated rings. The highest BCUT2D eigenvalue weighted by atomic mass is 16.1. The molecule has 1 radical (unpaired) electrons. The Morgan fingerprint density at radius 1 is 1.46 bits per heavy atom. The quantitative estimate of drug-likeness (QED) is 0.664. The van der Waals surface area contributed by atoms with Crippen LogP contribution < -0.4 is 5.73 Å². The maximum Gasteiger partial charge on any atom is 0.220 e. The van der Waals surface area contributed by atoms with E-state index >= 15 is 0 Å². The van der Waals surface area contributed by atoms with Gasteiger partial charge in [-0.15, -0.1) is 0 Å². The monoisotopic (exact) mass is 176 g/mol. The number of aromatic nitrogens is 4. The third kappa shape index (κ3) is 1.12. The number of nitrogens with two attached hydrogens (primary N) is 1. The second kappa shape index (κ2) is 2.81. The van der Waals surface area contributed by atoms with Crippen LogP contribution in [0.4, 0.5) is 5.82 Å². The molecule has 0 aromatic rings. The van der Waals surface area contributed by atoms with Gasteiger partial charge in [0.05, 0.1) is 12.9 Å². The summed E-state index contributed by atoms with van der Waals surface area (Å²) >= 11 is 0. The molecule has 0 atom stereocenters. The summed E-state index contributed by atoms with van der Waals surface area (Å²) in [6.07, 6.45) is 4.55. The van der Waals surface area contributed by atoms with E-state index in [9.17, 15) is 4.79 Å². The Morgan fingerprint density at radius 2 is 2.31 bits per heavy atom. The lowest BCUT2D eigenvalue weighted by Gasteiger charge is -2.07. The van der Waals surface area contributed by atoms with E-state index in [0.29, 0.717) is 17.3 Å². The first-order valence-corrected chi connectivity index (χ1v) is 3.59. The third-order valence-corrected chi connectivity index (χ3v) is 1.69. The van der Waals surface area contributed by atoms with Crippen LogP contribution in [-0.2, 0) is 11.3 Å². The fraction of sp³-hybridized carbons (Fsp3) is 0.143. The van der Waals surface area contributed by atoms with Crippen molar-refractivity contribution in [1.82, 2.24) is 19.5 Å². The zero-order valence-corrected chi connectivity index (χ0v) is 6.64. The second-order valence-electron chi connectivity index (χ2n) is 2.45. The van der Waals surface area contributed by atoms with Crippen LogP contribution in [0.15, 0.2) is 12.7 Å². The Hall–Kier alpha value is -1.98. The molecular weight excluding hydrogens is 170 g/mol. The number of fused-ring (bicyclic) bond motifs is 1. The minimum Gasteiger partial charge on any atom is -0.383 e. The molecule has 65 valence electrons. The molecule has 0 aromatic carbocycles. The molecule has 6 heteroatoms. The maximum atomic E-state index is 10.1. The lowest BCUT2D eigenvalue weighted by atomic mass is 10.4. The van der Waals surface area contributed by atoms with Crippen molar-refractivity contribution in [3.8, 4) is 11.5 Å². The van der Waals surface area contributed by atoms with E-state index in [0.717, 1.165) is 0 Å². The van der Waals surface area contributed by atoms with Crippen LogP contribution >= 0.6 is 0 Å². The summed E-state index contributed by atoms with van der Waals surface area (Å²) in [5, 5.41) is 0. The molecule has 2 aliphatic rings. The molecule has 13 heavy (non-hydrogen) atoms. The standard InChI is InChI=1S/C7H6N5O/c8-6-5-7(10-3-9-5)11-4-12(6)1-2-13/h3-4H,1,8H2. The number of imidazole rings is 1. The van der Waals surface area contributed by atoms with Gasteiger partial charge in [-0.25, -0.2) is 15.0 Å². The molecule has 2 aliphatic heterocycles. The van der Waals surface area contributed by atoms with Gasteiger partial charge < -0.3 is 10.3 Å². The van der Waals surface area contributed by atoms with E-state index in [2.05, 4.69) is 15.0 Å². The van der Waals surface area contributed by atoms with Crippen LogP contribution in [0, 0.1) is 0 Å². The number of hydrogen-bond donors (Lipinski definition) is 1. The Balaban J connectivity index is 2.59. The summed E-state index contributed by atoms with van der Waals surface area (Å²) < 4.78 is 1.46. The van der Waals surface area contributed by atoms with Crippen LogP contribution in [0.1, 0.15) is 0 Å². The largest absolute Gasteiger partial charge is 0.383 e. The molecule has 0 aromatic heterocycles. The number of hydrogen-bond acceptors (Lipinski definition) is 5. The van der Waals surface area contributed by atoms with Crippen molar-refractivity contribution in [3.05, 3.63) is 12.7 Å². The van der Waals surface area contributed by atoms with Crippen LogP contribution in [0.3, 0.4) is 0 Å². The normalized spacial score (nSPS) is 10.5. The molecule has 2 rings (SSSR count). The van der Waals surface area contributed by atoms with Crippen LogP contribution in [0.5, 0.6) is 0 Å². The number of nitrogen functional groups attached to an aromatic ring is 1. The van der Waals surface area contributed by atoms with Crippen molar-refractivity contribution >= 4 is 12.1 Å². The van der Waals surface area contributed by atoms with E-state index in [1.807, 2.05) is 0 Å². The predicted octanol–water partition coefficient (Wildman–Crippen LogP) is -0.530. The van der Waals surface area contributed by atoms with Gasteiger partial charge in [0.15, 0.2) is 5.82 Å². The Labute approximate surface area is 73.8 Å². The van der Waals surface area contributed by atoms with E-state index < -0.39 is 0 Å². The highest BCUT2D eigenvalue weighted by molar-refractivity contribution is 5.65. The van der Waals surface area contributed by atoms with E-state index in [1.165, 1.54) is 17.2 Å². The summed E-state index contributed by atoms with van der Waals surface area (Å²) in [5.74, 6) is 0.866. The zero-order valence-electron chi connectivity index (χ0n) is 6.64. The number of rotatable bonds is 2. The lowest BCUT2D eigenvalue weighted by Crippen LogP contribution is -2.10. The number of nitrogens with zero attached hydrogens (tertiary/aromatic N) is 4. The first-order chi connectivity index (χ1) is 6.33. The molecule has 0 bridgehead atoms. The van der Waals surface area contributed by atoms with Crippen LogP contribution in [-0.4, -0.2) is 25.8 Å². The predicted molar refractivity (Wildman–Crippen MR) is 44.5 cm³/mol. The molecule has 2 heterocycles. The lowest BCUT2D eigenvalue weighted by molar-refractivity contribution is 0.544. The van der Waals surface area contributed by atoms with Gasteiger partial charge in [-0.05, 0) is 0 Å². The summed E-state index contributed by atoms with van der Waals surface area (Å²) in [6.45, 7) is 0.0572. The first kappa shape index (κ1) is 7.66. The van der Waals surface area contributed by atoms with Gasteiger partial charge in [0.25, 0.3) is 0 Å². The van der Waals surface area contributed by atoms with Crippen molar-refractivity contribution in [2.24, 2.45) is 0 Å². The molecule has 0 unspecified atom stereocenters. The van der Waals surface area contributed by atoms with E-state index in [1.54, 1.807) is 6.29 Å². The fourth-order valence-corrected chi connectivity index (χ4v) is 1.05. The zero-order chi connectivity index (χ0) is 9.26. The summed E-state index contributed by atoms with van der Waals surface area (Å²) in [4.78, 5) is 21.9. The molecule has 2 N–H and O–H groups in total. The number of anilines is 1. The topological polar surface area (TPSA) is 86.7 Å². The smallest absolute Gasteiger partial charge is 0.220 e. The van der Waals surface area contributed by atoms with Gasteiger partial charge >= 0.3 is 0 Å². The highest BCUT2D eigenvalue weighted by Gasteiger charge is 2.12. The molecular formula is C7H6N5O. The van der Waals surface area contributed by atoms with Gasteiger partial charge in [0, 0.05) is 0 Å². The fourth-order valence-electron chi connectivity index (χ4n) is 1.05. The average molecular weight is 176 g/mol. The summed E-state index contributed by atoms with van der Waals surface area (Å²) in [6, 6.07) is 0. The molecule has 0 amide bonds. The molecule has 0 spiro atoms. The third-order valence-electron chi connectivity index (χ3n) is 1.69. The minimum absolute atomic E-state index is 0.0572. The van der Waals surface area contributed by atoms with E-state index in [-0.39, 0.29) is 6.54 Å². The Bertz CT molecular complexity index is 410. The van der Waals surface area contributed by atoms with Gasteiger partial charge in [-0.3, -0.25) is 4.79 Å². The average Bonchev–Trinajstić information content (AvgIpc) is 2.58. The summed E-state index contributed by atoms with van der Waals surface area (Å²) in [5.41, 5.74) is 6.20. The number of carbonyl (C=O) groups excluding carboxylic acids is 1.